The van der Waals surface area contributed by atoms with Gasteiger partial charge in [-0.05, 0) is 50.7 Å². The van der Waals surface area contributed by atoms with Gasteiger partial charge in [-0.1, -0.05) is 0 Å². The van der Waals surface area contributed by atoms with Crippen LogP contribution in [0.5, 0.6) is 11.5 Å². The van der Waals surface area contributed by atoms with Gasteiger partial charge in [0.1, 0.15) is 11.5 Å². The third-order valence-corrected chi connectivity index (χ3v) is 6.83. The van der Waals surface area contributed by atoms with Gasteiger partial charge in [0, 0.05) is 50.3 Å². The van der Waals surface area contributed by atoms with Crippen molar-refractivity contribution in [1.82, 2.24) is 14.7 Å². The number of hydrogen-bond donors (Lipinski definition) is 0. The molecule has 3 aliphatic rings. The van der Waals surface area contributed by atoms with Gasteiger partial charge in [0.15, 0.2) is 0 Å². The highest BCUT2D eigenvalue weighted by molar-refractivity contribution is 5.81. The first kappa shape index (κ1) is 20.8. The summed E-state index contributed by atoms with van der Waals surface area (Å²) in [5.41, 5.74) is 1.05. The number of piperidine rings is 1. The fourth-order valence-electron chi connectivity index (χ4n) is 5.11. The fourth-order valence-corrected chi connectivity index (χ4v) is 5.11. The van der Waals surface area contributed by atoms with Crippen LogP contribution < -0.4 is 9.47 Å². The lowest BCUT2D eigenvalue weighted by Gasteiger charge is -2.36. The number of carbonyl (C=O) groups excluding carboxylic acids is 2. The molecule has 1 atom stereocenters. The van der Waals surface area contributed by atoms with Gasteiger partial charge in [-0.15, -0.1) is 0 Å². The minimum absolute atomic E-state index is 0.00234. The maximum absolute atomic E-state index is 13.4. The van der Waals surface area contributed by atoms with Gasteiger partial charge >= 0.3 is 6.03 Å². The number of amides is 3. The summed E-state index contributed by atoms with van der Waals surface area (Å²) in [6.45, 7) is 3.88. The second-order valence-corrected chi connectivity index (χ2v) is 8.54. The Labute approximate surface area is 178 Å². The number of rotatable bonds is 4. The number of nitrogens with zero attached hydrogens (tertiary/aromatic N) is 3. The van der Waals surface area contributed by atoms with Crippen LogP contribution in [-0.4, -0.2) is 73.6 Å². The van der Waals surface area contributed by atoms with Gasteiger partial charge < -0.3 is 24.2 Å². The zero-order valence-electron chi connectivity index (χ0n) is 18.1. The van der Waals surface area contributed by atoms with Crippen molar-refractivity contribution < 1.29 is 19.1 Å². The predicted octanol–water partition coefficient (Wildman–Crippen LogP) is 3.30. The second kappa shape index (κ2) is 9.14. The third-order valence-electron chi connectivity index (χ3n) is 6.83. The average molecular weight is 416 g/mol. The minimum Gasteiger partial charge on any atom is -0.497 e. The molecule has 7 heteroatoms. The Hall–Kier alpha value is -2.44. The molecule has 0 spiro atoms. The van der Waals surface area contributed by atoms with Crippen LogP contribution in [0.4, 0.5) is 4.79 Å². The van der Waals surface area contributed by atoms with Crippen LogP contribution in [0.15, 0.2) is 18.2 Å². The highest BCUT2D eigenvalue weighted by atomic mass is 16.5. The van der Waals surface area contributed by atoms with Crippen LogP contribution >= 0.6 is 0 Å². The van der Waals surface area contributed by atoms with E-state index < -0.39 is 0 Å². The van der Waals surface area contributed by atoms with E-state index in [9.17, 15) is 9.59 Å². The molecule has 3 aliphatic heterocycles. The number of hydrogen-bond acceptors (Lipinski definition) is 4. The first-order chi connectivity index (χ1) is 14.6. The maximum Gasteiger partial charge on any atom is 0.319 e. The van der Waals surface area contributed by atoms with Crippen molar-refractivity contribution in [3.63, 3.8) is 0 Å². The summed E-state index contributed by atoms with van der Waals surface area (Å²) in [5.74, 6) is 1.74. The van der Waals surface area contributed by atoms with Gasteiger partial charge in [0.05, 0.1) is 20.3 Å². The Balaban J connectivity index is 1.40. The molecule has 3 amide bonds. The van der Waals surface area contributed by atoms with Gasteiger partial charge in [-0.2, -0.15) is 0 Å². The molecule has 30 heavy (non-hydrogen) atoms. The number of benzene rings is 1. The summed E-state index contributed by atoms with van der Waals surface area (Å²) >= 11 is 0. The molecule has 0 radical (unpaired) electrons. The Morgan fingerprint density at radius 2 is 1.57 bits per heavy atom. The molecule has 0 saturated carbocycles. The monoisotopic (exact) mass is 415 g/mol. The van der Waals surface area contributed by atoms with E-state index in [0.29, 0.717) is 13.1 Å². The summed E-state index contributed by atoms with van der Waals surface area (Å²) in [4.78, 5) is 31.9. The molecule has 164 valence electrons. The van der Waals surface area contributed by atoms with E-state index in [1.165, 1.54) is 0 Å². The Morgan fingerprint density at radius 1 is 0.867 bits per heavy atom. The van der Waals surface area contributed by atoms with Crippen molar-refractivity contribution in [2.75, 3.05) is 46.9 Å². The van der Waals surface area contributed by atoms with Crippen molar-refractivity contribution in [1.29, 1.82) is 0 Å². The predicted molar refractivity (Wildman–Crippen MR) is 114 cm³/mol. The first-order valence-corrected chi connectivity index (χ1v) is 11.2. The number of methoxy groups -OCH3 is 2. The van der Waals surface area contributed by atoms with E-state index in [0.717, 1.165) is 75.2 Å². The van der Waals surface area contributed by atoms with E-state index in [1.54, 1.807) is 14.2 Å². The number of likely N-dealkylation sites (tertiary alicyclic amines) is 3. The Bertz CT molecular complexity index is 770. The summed E-state index contributed by atoms with van der Waals surface area (Å²) in [6.07, 6.45) is 5.65. The van der Waals surface area contributed by atoms with E-state index in [-0.39, 0.29) is 23.9 Å². The van der Waals surface area contributed by atoms with Crippen LogP contribution in [0.1, 0.15) is 50.1 Å². The SMILES string of the molecule is COc1ccc([C@@H]2CCCN2C(=O)C2CCN(C(=O)N3CCCC3)CC2)c(OC)c1. The lowest BCUT2D eigenvalue weighted by molar-refractivity contribution is -0.137. The third kappa shape index (κ3) is 4.07. The van der Waals surface area contributed by atoms with Gasteiger partial charge in [0.2, 0.25) is 5.91 Å². The lowest BCUT2D eigenvalue weighted by atomic mass is 9.94. The molecule has 3 fully saturated rings. The molecule has 3 saturated heterocycles. The van der Waals surface area contributed by atoms with Crippen molar-refractivity contribution in [2.45, 2.75) is 44.6 Å². The molecular weight excluding hydrogens is 382 g/mol. The molecule has 1 aromatic rings. The highest BCUT2D eigenvalue weighted by Gasteiger charge is 2.37. The molecule has 0 unspecified atom stereocenters. The van der Waals surface area contributed by atoms with E-state index in [4.69, 9.17) is 9.47 Å². The Morgan fingerprint density at radius 3 is 2.23 bits per heavy atom. The number of ether oxygens (including phenoxy) is 2. The number of carbonyl (C=O) groups is 2. The summed E-state index contributed by atoms with van der Waals surface area (Å²) in [5, 5.41) is 0. The summed E-state index contributed by atoms with van der Waals surface area (Å²) < 4.78 is 10.9. The van der Waals surface area contributed by atoms with Gasteiger partial charge in [0.25, 0.3) is 0 Å². The van der Waals surface area contributed by atoms with Gasteiger partial charge in [-0.3, -0.25) is 4.79 Å². The van der Waals surface area contributed by atoms with E-state index in [2.05, 4.69) is 0 Å². The van der Waals surface area contributed by atoms with Crippen molar-refractivity contribution in [2.24, 2.45) is 5.92 Å². The Kier molecular flexibility index (Phi) is 6.35. The molecule has 0 N–H and O–H groups in total. The molecule has 0 aliphatic carbocycles. The molecule has 1 aromatic carbocycles. The lowest BCUT2D eigenvalue weighted by Crippen LogP contribution is -2.48. The largest absolute Gasteiger partial charge is 0.497 e. The van der Waals surface area contributed by atoms with Crippen LogP contribution in [0.2, 0.25) is 0 Å². The zero-order chi connectivity index (χ0) is 21.1. The smallest absolute Gasteiger partial charge is 0.319 e. The minimum atomic E-state index is -0.00234. The topological polar surface area (TPSA) is 62.3 Å². The average Bonchev–Trinajstić information content (AvgIpc) is 3.50. The molecule has 4 rings (SSSR count). The van der Waals surface area contributed by atoms with Crippen LogP contribution in [0, 0.1) is 5.92 Å². The zero-order valence-corrected chi connectivity index (χ0v) is 18.1. The maximum atomic E-state index is 13.4. The first-order valence-electron chi connectivity index (χ1n) is 11.2. The van der Waals surface area contributed by atoms with Crippen molar-refractivity contribution >= 4 is 11.9 Å². The summed E-state index contributed by atoms with van der Waals surface area (Å²) in [6, 6.07) is 6.04. The number of urea groups is 1. The fraction of sp³-hybridized carbons (Fsp3) is 0.652. The molecule has 3 heterocycles. The summed E-state index contributed by atoms with van der Waals surface area (Å²) in [7, 11) is 3.30. The van der Waals surface area contributed by atoms with Gasteiger partial charge in [-0.25, -0.2) is 4.79 Å². The standard InChI is InChI=1S/C23H33N3O4/c1-29-18-7-8-19(21(16-18)30-2)20-6-5-13-26(20)22(27)17-9-14-25(15-10-17)23(28)24-11-3-4-12-24/h7-8,16-17,20H,3-6,9-15H2,1-2H3/t20-/m0/s1. The second-order valence-electron chi connectivity index (χ2n) is 8.54. The van der Waals surface area contributed by atoms with E-state index in [1.807, 2.05) is 32.9 Å². The highest BCUT2D eigenvalue weighted by Crippen LogP contribution is 2.40. The molecular formula is C23H33N3O4. The normalized spacial score (nSPS) is 22.5. The molecule has 0 aromatic heterocycles. The molecule has 7 nitrogen and oxygen atoms in total. The molecule has 0 bridgehead atoms. The van der Waals surface area contributed by atoms with Crippen molar-refractivity contribution in [3.05, 3.63) is 23.8 Å². The van der Waals surface area contributed by atoms with E-state index >= 15 is 0 Å². The van der Waals surface area contributed by atoms with Crippen LogP contribution in [-0.2, 0) is 4.79 Å². The quantitative estimate of drug-likeness (QED) is 0.757. The van der Waals surface area contributed by atoms with Crippen LogP contribution in [0.25, 0.3) is 0 Å². The van der Waals surface area contributed by atoms with Crippen LogP contribution in [0.3, 0.4) is 0 Å². The van der Waals surface area contributed by atoms with Crippen molar-refractivity contribution in [3.8, 4) is 11.5 Å².